The molecular weight excluding hydrogens is 260 g/mol. The first-order valence-corrected chi connectivity index (χ1v) is 8.38. The van der Waals surface area contributed by atoms with Crippen LogP contribution in [0.15, 0.2) is 12.3 Å². The summed E-state index contributed by atoms with van der Waals surface area (Å²) in [5.74, 6) is 1.65. The lowest BCUT2D eigenvalue weighted by Crippen LogP contribution is -2.22. The summed E-state index contributed by atoms with van der Waals surface area (Å²) in [4.78, 5) is 4.39. The molecule has 3 nitrogen and oxygen atoms in total. The summed E-state index contributed by atoms with van der Waals surface area (Å²) in [6.45, 7) is 12.4. The summed E-state index contributed by atoms with van der Waals surface area (Å²) in [5.41, 5.74) is 2.17. The van der Waals surface area contributed by atoms with Crippen molar-refractivity contribution in [1.29, 1.82) is 0 Å². The molecular formula is C18H32N2O. The Balaban J connectivity index is 2.64. The molecule has 0 bridgehead atoms. The molecule has 0 aromatic carbocycles. The van der Waals surface area contributed by atoms with Gasteiger partial charge in [0.05, 0.1) is 6.61 Å². The zero-order chi connectivity index (χ0) is 15.7. The van der Waals surface area contributed by atoms with Crippen LogP contribution in [0.25, 0.3) is 0 Å². The third-order valence-electron chi connectivity index (χ3n) is 3.80. The molecule has 21 heavy (non-hydrogen) atoms. The van der Waals surface area contributed by atoms with Crippen molar-refractivity contribution < 1.29 is 4.74 Å². The minimum Gasteiger partial charge on any atom is -0.493 e. The standard InChI is InChI=1S/C18H32N2O/c1-6-8-9-16(7-2)13-21-18-10-15(5)20-12-17(18)11-19-14(3)4/h10,12,14,16,19H,6-9,11,13H2,1-5H3. The first-order chi connectivity index (χ1) is 10.1. The lowest BCUT2D eigenvalue weighted by Gasteiger charge is -2.18. The molecule has 1 rings (SSSR count). The van der Waals surface area contributed by atoms with E-state index in [1.807, 2.05) is 13.1 Å². The molecule has 1 N–H and O–H groups in total. The summed E-state index contributed by atoms with van der Waals surface area (Å²) in [6, 6.07) is 2.52. The normalized spacial score (nSPS) is 12.7. The number of nitrogens with zero attached hydrogens (tertiary/aromatic N) is 1. The van der Waals surface area contributed by atoms with E-state index in [2.05, 4.69) is 44.1 Å². The van der Waals surface area contributed by atoms with Crippen molar-refractivity contribution in [3.8, 4) is 5.75 Å². The SMILES string of the molecule is CCCCC(CC)COc1cc(C)ncc1CNC(C)C. The molecule has 0 amide bonds. The molecule has 1 aromatic rings. The van der Waals surface area contributed by atoms with Crippen LogP contribution in [0.3, 0.4) is 0 Å². The second-order valence-corrected chi connectivity index (χ2v) is 6.20. The molecule has 0 aliphatic rings. The fourth-order valence-electron chi connectivity index (χ4n) is 2.25. The van der Waals surface area contributed by atoms with Gasteiger partial charge in [-0.1, -0.05) is 47.0 Å². The van der Waals surface area contributed by atoms with Gasteiger partial charge in [-0.15, -0.1) is 0 Å². The van der Waals surface area contributed by atoms with Gasteiger partial charge < -0.3 is 10.1 Å². The van der Waals surface area contributed by atoms with E-state index in [0.717, 1.165) is 30.2 Å². The van der Waals surface area contributed by atoms with Gasteiger partial charge in [0.25, 0.3) is 0 Å². The van der Waals surface area contributed by atoms with E-state index in [-0.39, 0.29) is 0 Å². The molecule has 1 heterocycles. The third-order valence-corrected chi connectivity index (χ3v) is 3.80. The number of hydrogen-bond acceptors (Lipinski definition) is 3. The van der Waals surface area contributed by atoms with Crippen LogP contribution < -0.4 is 10.1 Å². The van der Waals surface area contributed by atoms with E-state index in [4.69, 9.17) is 4.74 Å². The quantitative estimate of drug-likeness (QED) is 0.690. The van der Waals surface area contributed by atoms with Crippen molar-refractivity contribution in [1.82, 2.24) is 10.3 Å². The highest BCUT2D eigenvalue weighted by Gasteiger charge is 2.10. The number of pyridine rings is 1. The summed E-state index contributed by atoms with van der Waals surface area (Å²) in [6.07, 6.45) is 6.93. The maximum Gasteiger partial charge on any atom is 0.127 e. The second-order valence-electron chi connectivity index (χ2n) is 6.20. The van der Waals surface area contributed by atoms with Gasteiger partial charge >= 0.3 is 0 Å². The van der Waals surface area contributed by atoms with Crippen LogP contribution in [-0.4, -0.2) is 17.6 Å². The predicted octanol–water partition coefficient (Wildman–Crippen LogP) is 4.48. The summed E-state index contributed by atoms with van der Waals surface area (Å²) >= 11 is 0. The molecule has 1 aromatic heterocycles. The van der Waals surface area contributed by atoms with Crippen molar-refractivity contribution in [2.45, 2.75) is 72.9 Å². The zero-order valence-electron chi connectivity index (χ0n) is 14.4. The van der Waals surface area contributed by atoms with Crippen molar-refractivity contribution in [3.63, 3.8) is 0 Å². The van der Waals surface area contributed by atoms with Gasteiger partial charge in [0.15, 0.2) is 0 Å². The zero-order valence-corrected chi connectivity index (χ0v) is 14.4. The number of unbranched alkanes of at least 4 members (excludes halogenated alkanes) is 1. The highest BCUT2D eigenvalue weighted by atomic mass is 16.5. The van der Waals surface area contributed by atoms with E-state index in [1.165, 1.54) is 25.7 Å². The van der Waals surface area contributed by atoms with Gasteiger partial charge in [0.2, 0.25) is 0 Å². The number of hydrogen-bond donors (Lipinski definition) is 1. The Labute approximate surface area is 130 Å². The average Bonchev–Trinajstić information content (AvgIpc) is 2.46. The Morgan fingerprint density at radius 3 is 2.67 bits per heavy atom. The Hall–Kier alpha value is -1.09. The van der Waals surface area contributed by atoms with Gasteiger partial charge in [-0.05, 0) is 19.3 Å². The first-order valence-electron chi connectivity index (χ1n) is 8.38. The van der Waals surface area contributed by atoms with Crippen molar-refractivity contribution >= 4 is 0 Å². The number of nitrogens with one attached hydrogen (secondary N) is 1. The number of aromatic nitrogens is 1. The molecule has 1 unspecified atom stereocenters. The van der Waals surface area contributed by atoms with E-state index in [9.17, 15) is 0 Å². The van der Waals surface area contributed by atoms with Crippen LogP contribution in [0.4, 0.5) is 0 Å². The Kier molecular flexibility index (Phi) is 8.36. The molecule has 0 saturated carbocycles. The summed E-state index contributed by atoms with van der Waals surface area (Å²) < 4.78 is 6.12. The number of rotatable bonds is 10. The lowest BCUT2D eigenvalue weighted by atomic mass is 10.0. The van der Waals surface area contributed by atoms with Crippen LogP contribution in [0.2, 0.25) is 0 Å². The topological polar surface area (TPSA) is 34.1 Å². The Bertz CT molecular complexity index is 404. The van der Waals surface area contributed by atoms with Crippen LogP contribution in [0.1, 0.15) is 64.6 Å². The summed E-state index contributed by atoms with van der Waals surface area (Å²) in [7, 11) is 0. The average molecular weight is 292 g/mol. The summed E-state index contributed by atoms with van der Waals surface area (Å²) in [5, 5.41) is 3.44. The Morgan fingerprint density at radius 2 is 2.05 bits per heavy atom. The van der Waals surface area contributed by atoms with E-state index in [1.54, 1.807) is 0 Å². The van der Waals surface area contributed by atoms with Crippen LogP contribution in [0, 0.1) is 12.8 Å². The fraction of sp³-hybridized carbons (Fsp3) is 0.722. The van der Waals surface area contributed by atoms with Gasteiger partial charge in [-0.25, -0.2) is 0 Å². The molecule has 0 radical (unpaired) electrons. The van der Waals surface area contributed by atoms with E-state index in [0.29, 0.717) is 12.0 Å². The van der Waals surface area contributed by atoms with Gasteiger partial charge in [-0.3, -0.25) is 4.98 Å². The van der Waals surface area contributed by atoms with E-state index < -0.39 is 0 Å². The third kappa shape index (κ3) is 6.94. The second kappa shape index (κ2) is 9.78. The molecule has 0 aliphatic carbocycles. The number of aryl methyl sites for hydroxylation is 1. The first kappa shape index (κ1) is 18.0. The van der Waals surface area contributed by atoms with Crippen LogP contribution >= 0.6 is 0 Å². The van der Waals surface area contributed by atoms with Crippen molar-refractivity contribution in [3.05, 3.63) is 23.5 Å². The molecule has 1 atom stereocenters. The van der Waals surface area contributed by atoms with Crippen molar-refractivity contribution in [2.75, 3.05) is 6.61 Å². The van der Waals surface area contributed by atoms with E-state index >= 15 is 0 Å². The lowest BCUT2D eigenvalue weighted by molar-refractivity contribution is 0.230. The smallest absolute Gasteiger partial charge is 0.127 e. The maximum absolute atomic E-state index is 6.12. The van der Waals surface area contributed by atoms with Gasteiger partial charge in [0.1, 0.15) is 5.75 Å². The Morgan fingerprint density at radius 1 is 1.29 bits per heavy atom. The predicted molar refractivity (Wildman–Crippen MR) is 89.8 cm³/mol. The minimum absolute atomic E-state index is 0.465. The molecule has 0 saturated heterocycles. The molecule has 0 aliphatic heterocycles. The minimum atomic E-state index is 0.465. The highest BCUT2D eigenvalue weighted by Crippen LogP contribution is 2.21. The largest absolute Gasteiger partial charge is 0.493 e. The molecule has 0 spiro atoms. The van der Waals surface area contributed by atoms with Crippen molar-refractivity contribution in [2.24, 2.45) is 5.92 Å². The fourth-order valence-corrected chi connectivity index (χ4v) is 2.25. The maximum atomic E-state index is 6.12. The van der Waals surface area contributed by atoms with Crippen LogP contribution in [0.5, 0.6) is 5.75 Å². The van der Waals surface area contributed by atoms with Crippen LogP contribution in [-0.2, 0) is 6.54 Å². The van der Waals surface area contributed by atoms with Gasteiger partial charge in [-0.2, -0.15) is 0 Å². The number of ether oxygens (including phenoxy) is 1. The molecule has 120 valence electrons. The molecule has 3 heteroatoms. The van der Waals surface area contributed by atoms with Gasteiger partial charge in [0, 0.05) is 36.1 Å². The molecule has 0 fully saturated rings. The highest BCUT2D eigenvalue weighted by molar-refractivity contribution is 5.32. The monoisotopic (exact) mass is 292 g/mol.